The van der Waals surface area contributed by atoms with Crippen molar-refractivity contribution in [2.75, 3.05) is 30.5 Å². The van der Waals surface area contributed by atoms with E-state index >= 15 is 0 Å². The minimum atomic E-state index is -0.398. The number of fused-ring (bicyclic) bond motifs is 2. The molecule has 7 nitrogen and oxygen atoms in total. The van der Waals surface area contributed by atoms with Crippen molar-refractivity contribution in [2.45, 2.75) is 19.0 Å². The maximum Gasteiger partial charge on any atom is 0.262 e. The molecule has 0 fully saturated rings. The Bertz CT molecular complexity index is 984. The smallest absolute Gasteiger partial charge is 0.262 e. The van der Waals surface area contributed by atoms with E-state index in [2.05, 4.69) is 10.6 Å². The molecule has 2 aliphatic rings. The zero-order valence-corrected chi connectivity index (χ0v) is 16.4. The van der Waals surface area contributed by atoms with Gasteiger partial charge in [0.2, 0.25) is 5.91 Å². The second kappa shape index (κ2) is 7.79. The van der Waals surface area contributed by atoms with Gasteiger partial charge in [0.15, 0.2) is 12.4 Å². The Morgan fingerprint density at radius 2 is 2.17 bits per heavy atom. The minimum absolute atomic E-state index is 0.0807. The van der Waals surface area contributed by atoms with Gasteiger partial charge < -0.3 is 25.0 Å². The molecule has 4 rings (SSSR count). The standard InChI is InChI=1S/C20H19ClFN3O4/c1-23-18(26)7-13-9-28-17-6-12(22)2-3-16(17)25(13)8-11-4-14(21)20-15(5-11)24-19(27)10-29-20/h2-6,13H,7-10H2,1H3,(H,23,26)(H,24,27)/t13-/m0/s1. The Morgan fingerprint density at radius 1 is 1.34 bits per heavy atom. The third-order valence-corrected chi connectivity index (χ3v) is 5.16. The Kier molecular flexibility index (Phi) is 5.19. The van der Waals surface area contributed by atoms with Gasteiger partial charge in [-0.1, -0.05) is 11.6 Å². The Balaban J connectivity index is 1.69. The van der Waals surface area contributed by atoms with Crippen LogP contribution in [0.1, 0.15) is 12.0 Å². The fourth-order valence-electron chi connectivity index (χ4n) is 3.51. The van der Waals surface area contributed by atoms with E-state index in [1.165, 1.54) is 12.1 Å². The zero-order valence-electron chi connectivity index (χ0n) is 15.6. The average Bonchev–Trinajstić information content (AvgIpc) is 2.69. The number of hydrogen-bond donors (Lipinski definition) is 2. The molecule has 0 spiro atoms. The van der Waals surface area contributed by atoms with Gasteiger partial charge in [-0.2, -0.15) is 0 Å². The monoisotopic (exact) mass is 419 g/mol. The fourth-order valence-corrected chi connectivity index (χ4v) is 3.81. The van der Waals surface area contributed by atoms with Gasteiger partial charge in [-0.05, 0) is 29.8 Å². The summed E-state index contributed by atoms with van der Waals surface area (Å²) in [7, 11) is 1.58. The first-order valence-electron chi connectivity index (χ1n) is 9.09. The van der Waals surface area contributed by atoms with E-state index in [0.29, 0.717) is 34.4 Å². The molecule has 0 saturated carbocycles. The van der Waals surface area contributed by atoms with Crippen molar-refractivity contribution in [2.24, 2.45) is 0 Å². The van der Waals surface area contributed by atoms with Crippen LogP contribution in [0.4, 0.5) is 15.8 Å². The molecule has 2 aromatic carbocycles. The van der Waals surface area contributed by atoms with Gasteiger partial charge in [0.25, 0.3) is 5.91 Å². The molecule has 0 bridgehead atoms. The highest BCUT2D eigenvalue weighted by molar-refractivity contribution is 6.33. The molecule has 2 amide bonds. The number of rotatable bonds is 4. The number of nitrogens with one attached hydrogen (secondary N) is 2. The Labute approximate surface area is 171 Å². The lowest BCUT2D eigenvalue weighted by molar-refractivity contribution is -0.121. The van der Waals surface area contributed by atoms with Crippen molar-refractivity contribution < 1.29 is 23.5 Å². The van der Waals surface area contributed by atoms with Crippen LogP contribution in [0.15, 0.2) is 30.3 Å². The molecule has 0 radical (unpaired) electrons. The third-order valence-electron chi connectivity index (χ3n) is 4.88. The number of anilines is 2. The summed E-state index contributed by atoms with van der Waals surface area (Å²) < 4.78 is 24.7. The first-order chi connectivity index (χ1) is 13.9. The van der Waals surface area contributed by atoms with Crippen molar-refractivity contribution in [3.05, 3.63) is 46.7 Å². The third kappa shape index (κ3) is 3.93. The number of amides is 2. The lowest BCUT2D eigenvalue weighted by Gasteiger charge is -2.38. The van der Waals surface area contributed by atoms with Gasteiger partial charge in [0.05, 0.1) is 28.9 Å². The molecule has 2 N–H and O–H groups in total. The van der Waals surface area contributed by atoms with Gasteiger partial charge in [-0.3, -0.25) is 9.59 Å². The van der Waals surface area contributed by atoms with E-state index in [4.69, 9.17) is 21.1 Å². The van der Waals surface area contributed by atoms with Crippen LogP contribution in [-0.2, 0) is 16.1 Å². The summed E-state index contributed by atoms with van der Waals surface area (Å²) in [5.74, 6) is 0.0686. The summed E-state index contributed by atoms with van der Waals surface area (Å²) >= 11 is 6.34. The van der Waals surface area contributed by atoms with Crippen LogP contribution in [0.25, 0.3) is 0 Å². The van der Waals surface area contributed by atoms with Crippen LogP contribution in [0.3, 0.4) is 0 Å². The first kappa shape index (κ1) is 19.3. The number of ether oxygens (including phenoxy) is 2. The highest BCUT2D eigenvalue weighted by atomic mass is 35.5. The molecule has 0 unspecified atom stereocenters. The summed E-state index contributed by atoms with van der Waals surface area (Å²) in [5, 5.41) is 5.75. The topological polar surface area (TPSA) is 79.9 Å². The lowest BCUT2D eigenvalue weighted by Crippen LogP contribution is -2.45. The molecular formula is C20H19ClFN3O4. The molecule has 2 aliphatic heterocycles. The highest BCUT2D eigenvalue weighted by Crippen LogP contribution is 2.40. The Morgan fingerprint density at radius 3 is 2.97 bits per heavy atom. The maximum atomic E-state index is 13.7. The SMILES string of the molecule is CNC(=O)C[C@H]1COc2cc(F)ccc2N1Cc1cc(Cl)c2c(c1)NC(=O)CO2. The van der Waals surface area contributed by atoms with E-state index in [0.717, 1.165) is 5.56 Å². The normalized spacial score (nSPS) is 17.4. The summed E-state index contributed by atoms with van der Waals surface area (Å²) in [4.78, 5) is 25.6. The molecule has 152 valence electrons. The van der Waals surface area contributed by atoms with Crippen molar-refractivity contribution in [3.8, 4) is 11.5 Å². The molecule has 0 aromatic heterocycles. The van der Waals surface area contributed by atoms with E-state index in [1.54, 1.807) is 25.2 Å². The van der Waals surface area contributed by atoms with E-state index < -0.39 is 5.82 Å². The molecule has 29 heavy (non-hydrogen) atoms. The van der Waals surface area contributed by atoms with E-state index in [1.807, 2.05) is 4.90 Å². The van der Waals surface area contributed by atoms with Crippen molar-refractivity contribution in [3.63, 3.8) is 0 Å². The van der Waals surface area contributed by atoms with Crippen LogP contribution in [0, 0.1) is 5.82 Å². The molecule has 0 aliphatic carbocycles. The molecule has 0 saturated heterocycles. The van der Waals surface area contributed by atoms with Gasteiger partial charge in [-0.15, -0.1) is 0 Å². The van der Waals surface area contributed by atoms with Crippen molar-refractivity contribution in [1.29, 1.82) is 0 Å². The second-order valence-corrected chi connectivity index (χ2v) is 7.28. The largest absolute Gasteiger partial charge is 0.489 e. The van der Waals surface area contributed by atoms with Crippen LogP contribution in [-0.4, -0.2) is 38.1 Å². The minimum Gasteiger partial charge on any atom is -0.489 e. The molecule has 2 aromatic rings. The summed E-state index contributed by atoms with van der Waals surface area (Å²) in [6, 6.07) is 7.60. The van der Waals surface area contributed by atoms with E-state index in [9.17, 15) is 14.0 Å². The van der Waals surface area contributed by atoms with Gasteiger partial charge >= 0.3 is 0 Å². The predicted molar refractivity (Wildman–Crippen MR) is 106 cm³/mol. The van der Waals surface area contributed by atoms with Crippen LogP contribution in [0.5, 0.6) is 11.5 Å². The molecular weight excluding hydrogens is 401 g/mol. The number of halogens is 2. The first-order valence-corrected chi connectivity index (χ1v) is 9.47. The van der Waals surface area contributed by atoms with Gasteiger partial charge in [0.1, 0.15) is 18.2 Å². The average molecular weight is 420 g/mol. The Hall–Kier alpha value is -3.00. The number of carbonyl (C=O) groups excluding carboxylic acids is 2. The van der Waals surface area contributed by atoms with Crippen LogP contribution >= 0.6 is 11.6 Å². The quantitative estimate of drug-likeness (QED) is 0.796. The summed E-state index contributed by atoms with van der Waals surface area (Å²) in [6.45, 7) is 0.539. The number of nitrogens with zero attached hydrogens (tertiary/aromatic N) is 1. The maximum absolute atomic E-state index is 13.7. The van der Waals surface area contributed by atoms with Crippen LogP contribution < -0.4 is 25.0 Å². The molecule has 2 heterocycles. The van der Waals surface area contributed by atoms with E-state index in [-0.39, 0.29) is 37.5 Å². The summed E-state index contributed by atoms with van der Waals surface area (Å²) in [6.07, 6.45) is 0.214. The van der Waals surface area contributed by atoms with Gasteiger partial charge in [-0.25, -0.2) is 4.39 Å². The van der Waals surface area contributed by atoms with Crippen molar-refractivity contribution in [1.82, 2.24) is 5.32 Å². The number of hydrogen-bond acceptors (Lipinski definition) is 5. The number of benzene rings is 2. The molecule has 9 heteroatoms. The fraction of sp³-hybridized carbons (Fsp3) is 0.300. The summed E-state index contributed by atoms with van der Waals surface area (Å²) in [5.41, 5.74) is 1.98. The predicted octanol–water partition coefficient (Wildman–Crippen LogP) is 2.71. The van der Waals surface area contributed by atoms with Crippen molar-refractivity contribution >= 4 is 34.8 Å². The number of carbonyl (C=O) groups is 2. The van der Waals surface area contributed by atoms with Gasteiger partial charge in [0, 0.05) is 19.7 Å². The van der Waals surface area contributed by atoms with Crippen LogP contribution in [0.2, 0.25) is 5.02 Å². The zero-order chi connectivity index (χ0) is 20.5. The lowest BCUT2D eigenvalue weighted by atomic mass is 10.1. The second-order valence-electron chi connectivity index (χ2n) is 6.87. The molecule has 1 atom stereocenters. The highest BCUT2D eigenvalue weighted by Gasteiger charge is 2.30.